The summed E-state index contributed by atoms with van der Waals surface area (Å²) in [5.74, 6) is 0.347. The molecule has 1 aliphatic carbocycles. The monoisotopic (exact) mass is 526 g/mol. The number of methoxy groups -OCH3 is 1. The Morgan fingerprint density at radius 3 is 2.60 bits per heavy atom. The molecule has 4 aromatic rings. The minimum absolute atomic E-state index is 0.0849. The topological polar surface area (TPSA) is 85.4 Å². The summed E-state index contributed by atoms with van der Waals surface area (Å²) in [7, 11) is -1.93. The van der Waals surface area contributed by atoms with Crippen molar-refractivity contribution in [3.63, 3.8) is 0 Å². The fraction of sp³-hybridized carbons (Fsp3) is 0.308. The number of carbonyl (C=O) groups excluding carboxylic acids is 1. The van der Waals surface area contributed by atoms with Crippen molar-refractivity contribution in [2.75, 3.05) is 18.2 Å². The predicted molar refractivity (Wildman–Crippen MR) is 142 cm³/mol. The first-order valence-corrected chi connectivity index (χ1v) is 14.9. The van der Waals surface area contributed by atoms with Crippen LogP contribution in [-0.2, 0) is 27.5 Å². The van der Waals surface area contributed by atoms with E-state index in [-0.39, 0.29) is 29.4 Å². The van der Waals surface area contributed by atoms with Crippen molar-refractivity contribution in [3.05, 3.63) is 59.0 Å². The van der Waals surface area contributed by atoms with Crippen LogP contribution in [0.2, 0.25) is 0 Å². The lowest BCUT2D eigenvalue weighted by Gasteiger charge is -2.11. The van der Waals surface area contributed by atoms with Crippen LogP contribution in [0.25, 0.3) is 20.8 Å². The number of hydrogen-bond acceptors (Lipinski definition) is 7. The molecule has 35 heavy (non-hydrogen) atoms. The van der Waals surface area contributed by atoms with Crippen LogP contribution in [0.15, 0.2) is 53.4 Å². The van der Waals surface area contributed by atoms with Gasteiger partial charge in [-0.25, -0.2) is 13.4 Å². The number of rotatable bonds is 8. The van der Waals surface area contributed by atoms with Crippen LogP contribution in [0, 0.1) is 0 Å². The van der Waals surface area contributed by atoms with Crippen LogP contribution in [0.3, 0.4) is 0 Å². The number of fused-ring (bicyclic) bond motifs is 2. The predicted octanol–water partition coefficient (Wildman–Crippen LogP) is 6.10. The summed E-state index contributed by atoms with van der Waals surface area (Å²) in [4.78, 5) is 19.3. The fourth-order valence-electron chi connectivity index (χ4n) is 4.37. The van der Waals surface area contributed by atoms with Crippen LogP contribution in [0.5, 0.6) is 5.75 Å². The summed E-state index contributed by atoms with van der Waals surface area (Å²) >= 11 is 3.29. The summed E-state index contributed by atoms with van der Waals surface area (Å²) in [5.41, 5.74) is 3.31. The molecule has 6 nitrogen and oxygen atoms in total. The number of thiophene rings is 1. The van der Waals surface area contributed by atoms with E-state index in [1.165, 1.54) is 29.7 Å². The molecule has 1 aliphatic rings. The van der Waals surface area contributed by atoms with Gasteiger partial charge in [-0.2, -0.15) is 0 Å². The number of nitrogens with zero attached hydrogens (tertiary/aromatic N) is 1. The number of hydrogen-bond donors (Lipinski definition) is 1. The number of amides is 1. The molecule has 0 spiro atoms. The van der Waals surface area contributed by atoms with Gasteiger partial charge in [0, 0.05) is 16.9 Å². The van der Waals surface area contributed by atoms with Crippen LogP contribution >= 0.6 is 22.7 Å². The van der Waals surface area contributed by atoms with E-state index in [2.05, 4.69) is 11.4 Å². The van der Waals surface area contributed by atoms with Gasteiger partial charge in [0.05, 0.1) is 28.0 Å². The Morgan fingerprint density at radius 1 is 1.06 bits per heavy atom. The van der Waals surface area contributed by atoms with E-state index in [0.29, 0.717) is 5.75 Å². The summed E-state index contributed by atoms with van der Waals surface area (Å²) in [6, 6.07) is 14.4. The second-order valence-corrected chi connectivity index (χ2v) is 12.8. The van der Waals surface area contributed by atoms with E-state index >= 15 is 0 Å². The molecule has 0 radical (unpaired) electrons. The summed E-state index contributed by atoms with van der Waals surface area (Å²) < 4.78 is 31.5. The Hall–Kier alpha value is -2.75. The van der Waals surface area contributed by atoms with Crippen molar-refractivity contribution >= 4 is 53.6 Å². The number of aromatic nitrogens is 1. The molecule has 2 aromatic heterocycles. The summed E-state index contributed by atoms with van der Waals surface area (Å²) in [6.45, 7) is 0. The lowest BCUT2D eigenvalue weighted by atomic mass is 9.96. The normalized spacial score (nSPS) is 13.5. The van der Waals surface area contributed by atoms with Crippen LogP contribution < -0.4 is 10.1 Å². The maximum absolute atomic E-state index is 12.9. The minimum atomic E-state index is -3.46. The van der Waals surface area contributed by atoms with Gasteiger partial charge in [-0.1, -0.05) is 12.1 Å². The average molecular weight is 527 g/mol. The third-order valence-electron chi connectivity index (χ3n) is 6.17. The second kappa shape index (κ2) is 10.1. The van der Waals surface area contributed by atoms with Crippen molar-refractivity contribution in [3.8, 4) is 16.3 Å². The fourth-order valence-corrected chi connectivity index (χ4v) is 8.10. The molecule has 1 amide bonds. The molecule has 0 saturated heterocycles. The quantitative estimate of drug-likeness (QED) is 0.300. The van der Waals surface area contributed by atoms with Gasteiger partial charge in [0.2, 0.25) is 5.91 Å². The standard InChI is InChI=1S/C26H26N2O4S3/c1-32-17-12-14-18(15-13-17)35(30,31)16-6-11-23(29)28-26-24(19-7-2-4-9-21(19)33-26)25-27-20-8-3-5-10-22(20)34-25/h3,5,8,10,12-15H,2,4,6-7,9,11,16H2,1H3,(H,28,29). The molecule has 0 unspecified atom stereocenters. The van der Waals surface area contributed by atoms with Gasteiger partial charge in [0.1, 0.15) is 15.8 Å². The van der Waals surface area contributed by atoms with Crippen molar-refractivity contribution in [1.29, 1.82) is 0 Å². The zero-order valence-electron chi connectivity index (χ0n) is 19.4. The van der Waals surface area contributed by atoms with E-state index in [4.69, 9.17) is 9.72 Å². The maximum atomic E-state index is 12.9. The van der Waals surface area contributed by atoms with Crippen molar-refractivity contribution in [1.82, 2.24) is 4.98 Å². The maximum Gasteiger partial charge on any atom is 0.225 e. The average Bonchev–Trinajstić information content (AvgIpc) is 3.44. The van der Waals surface area contributed by atoms with Gasteiger partial charge in [-0.05, 0) is 74.1 Å². The van der Waals surface area contributed by atoms with Crippen molar-refractivity contribution < 1.29 is 17.9 Å². The van der Waals surface area contributed by atoms with E-state index in [1.807, 2.05) is 18.2 Å². The van der Waals surface area contributed by atoms with E-state index in [9.17, 15) is 13.2 Å². The number of aryl methyl sites for hydroxylation is 1. The number of ether oxygens (including phenoxy) is 1. The Labute approximate surface area is 212 Å². The van der Waals surface area contributed by atoms with Gasteiger partial charge in [-0.3, -0.25) is 4.79 Å². The Kier molecular flexibility index (Phi) is 6.91. The minimum Gasteiger partial charge on any atom is -0.497 e. The third-order valence-corrected chi connectivity index (χ3v) is 10.2. The number of benzene rings is 2. The van der Waals surface area contributed by atoms with E-state index in [1.54, 1.807) is 34.8 Å². The molecule has 182 valence electrons. The molecule has 0 saturated carbocycles. The molecular weight excluding hydrogens is 500 g/mol. The molecule has 1 N–H and O–H groups in total. The van der Waals surface area contributed by atoms with E-state index < -0.39 is 9.84 Å². The number of carbonyl (C=O) groups is 1. The SMILES string of the molecule is COc1ccc(S(=O)(=O)CCCC(=O)Nc2sc3c(c2-c2nc4ccccc4s2)CCCC3)cc1. The van der Waals surface area contributed by atoms with Crippen LogP contribution in [-0.4, -0.2) is 32.2 Å². The Morgan fingerprint density at radius 2 is 1.83 bits per heavy atom. The van der Waals surface area contributed by atoms with Gasteiger partial charge in [0.15, 0.2) is 9.84 Å². The van der Waals surface area contributed by atoms with Gasteiger partial charge in [-0.15, -0.1) is 22.7 Å². The largest absolute Gasteiger partial charge is 0.497 e. The Bertz CT molecular complexity index is 1440. The molecule has 9 heteroatoms. The highest BCUT2D eigenvalue weighted by molar-refractivity contribution is 7.91. The van der Waals surface area contributed by atoms with Gasteiger partial charge >= 0.3 is 0 Å². The van der Waals surface area contributed by atoms with Crippen LogP contribution in [0.1, 0.15) is 36.1 Å². The van der Waals surface area contributed by atoms with Crippen LogP contribution in [0.4, 0.5) is 5.00 Å². The smallest absolute Gasteiger partial charge is 0.225 e. The number of nitrogens with one attached hydrogen (secondary N) is 1. The Balaban J connectivity index is 1.31. The molecule has 2 aromatic carbocycles. The number of sulfone groups is 1. The molecule has 0 fully saturated rings. The number of thiazole rings is 1. The van der Waals surface area contributed by atoms with E-state index in [0.717, 1.165) is 51.5 Å². The van der Waals surface area contributed by atoms with Gasteiger partial charge in [0.25, 0.3) is 0 Å². The molecule has 0 bridgehead atoms. The first-order chi connectivity index (χ1) is 16.9. The molecular formula is C26H26N2O4S3. The molecule has 0 aliphatic heterocycles. The van der Waals surface area contributed by atoms with Crippen molar-refractivity contribution in [2.24, 2.45) is 0 Å². The highest BCUT2D eigenvalue weighted by Crippen LogP contribution is 2.46. The lowest BCUT2D eigenvalue weighted by molar-refractivity contribution is -0.116. The zero-order chi connectivity index (χ0) is 24.4. The number of anilines is 1. The molecule has 2 heterocycles. The summed E-state index contributed by atoms with van der Waals surface area (Å²) in [6.07, 6.45) is 4.70. The summed E-state index contributed by atoms with van der Waals surface area (Å²) in [5, 5.41) is 4.85. The highest BCUT2D eigenvalue weighted by atomic mass is 32.2. The van der Waals surface area contributed by atoms with Crippen molar-refractivity contribution in [2.45, 2.75) is 43.4 Å². The zero-order valence-corrected chi connectivity index (χ0v) is 21.8. The number of para-hydroxylation sites is 1. The first kappa shape index (κ1) is 24.0. The third kappa shape index (κ3) is 5.12. The molecule has 0 atom stereocenters. The molecule has 5 rings (SSSR count). The van der Waals surface area contributed by atoms with Gasteiger partial charge < -0.3 is 10.1 Å². The first-order valence-electron chi connectivity index (χ1n) is 11.6. The lowest BCUT2D eigenvalue weighted by Crippen LogP contribution is -2.14. The second-order valence-electron chi connectivity index (χ2n) is 8.55. The highest BCUT2D eigenvalue weighted by Gasteiger charge is 2.25.